The largest absolute Gasteiger partial charge is 0.463 e. The molecule has 6 fully saturated rings. The van der Waals surface area contributed by atoms with Crippen molar-refractivity contribution in [1.82, 2.24) is 0 Å². The highest BCUT2D eigenvalue weighted by Crippen LogP contribution is 2.53. The van der Waals surface area contributed by atoms with Crippen molar-refractivity contribution in [3.05, 3.63) is 0 Å². The van der Waals surface area contributed by atoms with Gasteiger partial charge in [-0.05, 0) is 106 Å². The Balaban J connectivity index is 1.12. The van der Waals surface area contributed by atoms with Crippen LogP contribution in [-0.2, 0) is 18.3 Å². The highest BCUT2D eigenvalue weighted by atomic mass is 28.3. The molecular weight excluding hydrogens is 444 g/mol. The predicted octanol–water partition coefficient (Wildman–Crippen LogP) is 5.27. The van der Waals surface area contributed by atoms with Gasteiger partial charge in [-0.1, -0.05) is 25.8 Å². The third-order valence-electron chi connectivity index (χ3n) is 10.8. The molecule has 0 bridgehead atoms. The molecule has 0 aromatic heterocycles. The molecule has 188 valence electrons. The van der Waals surface area contributed by atoms with E-state index in [0.29, 0.717) is 41.7 Å². The number of hydrogen-bond acceptors (Lipinski definition) is 4. The van der Waals surface area contributed by atoms with Crippen LogP contribution in [0.4, 0.5) is 0 Å². The minimum atomic E-state index is -1.22. The number of ether oxygens (including phenoxy) is 3. The lowest BCUT2D eigenvalue weighted by Gasteiger charge is -2.42. The summed E-state index contributed by atoms with van der Waals surface area (Å²) in [5, 5.41) is 0.507. The van der Waals surface area contributed by atoms with Gasteiger partial charge >= 0.3 is 0 Å². The molecule has 0 aromatic rings. The zero-order chi connectivity index (χ0) is 22.4. The monoisotopic (exact) mass is 492 g/mol. The van der Waals surface area contributed by atoms with Gasteiger partial charge in [0.15, 0.2) is 9.04 Å². The normalized spacial score (nSPS) is 46.2. The molecule has 6 heteroatoms. The Kier molecular flexibility index (Phi) is 7.15. The fraction of sp³-hybridized carbons (Fsp3) is 1.00. The predicted molar refractivity (Wildman–Crippen MR) is 137 cm³/mol. The van der Waals surface area contributed by atoms with E-state index in [1.165, 1.54) is 96.3 Å². The molecule has 3 heterocycles. The van der Waals surface area contributed by atoms with Crippen LogP contribution in [0.3, 0.4) is 0 Å². The molecule has 10 atom stereocenters. The van der Waals surface area contributed by atoms with Crippen LogP contribution in [0.15, 0.2) is 0 Å². The molecule has 6 aliphatic rings. The smallest absolute Gasteiger partial charge is 0.165 e. The summed E-state index contributed by atoms with van der Waals surface area (Å²) in [5.41, 5.74) is 0. The lowest BCUT2D eigenvalue weighted by atomic mass is 9.77. The summed E-state index contributed by atoms with van der Waals surface area (Å²) in [6.45, 7) is 4.94. The maximum atomic E-state index is 6.72. The summed E-state index contributed by atoms with van der Waals surface area (Å²) in [6, 6.07) is 0. The quantitative estimate of drug-likeness (QED) is 0.275. The van der Waals surface area contributed by atoms with Gasteiger partial charge in [-0.25, -0.2) is 0 Å². The van der Waals surface area contributed by atoms with E-state index < -0.39 is 9.04 Å². The summed E-state index contributed by atoms with van der Waals surface area (Å²) in [4.78, 5) is 0. The summed E-state index contributed by atoms with van der Waals surface area (Å²) in [5.74, 6) is 2.71. The first kappa shape index (κ1) is 23.7. The van der Waals surface area contributed by atoms with Crippen LogP contribution < -0.4 is 0 Å². The van der Waals surface area contributed by atoms with E-state index in [0.717, 1.165) is 17.8 Å². The van der Waals surface area contributed by atoms with Crippen LogP contribution >= 0.6 is 0 Å². The molecular formula is C27H48O4Si2. The Hall–Kier alpha value is 0.274. The SMILES string of the molecule is C[SiH2]O[SiH](C)C(CCC1CCC2OC2C1)(CCC1CCC2OC2C1)CCC1CCC2OC2C1. The Morgan fingerprint density at radius 3 is 1.39 bits per heavy atom. The Morgan fingerprint density at radius 1 is 0.667 bits per heavy atom. The molecule has 3 aliphatic carbocycles. The average molecular weight is 493 g/mol. The van der Waals surface area contributed by atoms with Gasteiger partial charge in [-0.3, -0.25) is 0 Å². The fourth-order valence-electron chi connectivity index (χ4n) is 8.13. The molecule has 0 N–H and O–H groups in total. The van der Waals surface area contributed by atoms with Gasteiger partial charge in [0.25, 0.3) is 0 Å². The van der Waals surface area contributed by atoms with E-state index in [1.807, 2.05) is 0 Å². The van der Waals surface area contributed by atoms with Crippen LogP contribution in [0.5, 0.6) is 0 Å². The van der Waals surface area contributed by atoms with Gasteiger partial charge in [-0.15, -0.1) is 0 Å². The molecule has 3 saturated carbocycles. The Morgan fingerprint density at radius 2 is 1.06 bits per heavy atom. The summed E-state index contributed by atoms with van der Waals surface area (Å²) in [7, 11) is -1.55. The summed E-state index contributed by atoms with van der Waals surface area (Å²) >= 11 is 0. The third-order valence-corrected chi connectivity index (χ3v) is 16.7. The lowest BCUT2D eigenvalue weighted by Crippen LogP contribution is -2.36. The first-order valence-electron chi connectivity index (χ1n) is 14.7. The molecule has 6 rings (SSSR count). The first-order chi connectivity index (χ1) is 16.1. The maximum absolute atomic E-state index is 6.72. The Bertz CT molecular complexity index is 598. The summed E-state index contributed by atoms with van der Waals surface area (Å²) in [6.07, 6.45) is 24.5. The van der Waals surface area contributed by atoms with Crippen molar-refractivity contribution >= 4 is 18.8 Å². The van der Waals surface area contributed by atoms with E-state index in [4.69, 9.17) is 18.3 Å². The second-order valence-corrected chi connectivity index (χ2v) is 17.2. The van der Waals surface area contributed by atoms with Crippen LogP contribution in [0.1, 0.15) is 96.3 Å². The zero-order valence-electron chi connectivity index (χ0n) is 21.2. The van der Waals surface area contributed by atoms with Crippen LogP contribution in [0, 0.1) is 17.8 Å². The van der Waals surface area contributed by atoms with Crippen molar-refractivity contribution in [1.29, 1.82) is 0 Å². The number of hydrogen-bond donors (Lipinski definition) is 0. The molecule has 3 saturated heterocycles. The van der Waals surface area contributed by atoms with Crippen molar-refractivity contribution in [3.63, 3.8) is 0 Å². The number of rotatable bonds is 12. The molecule has 0 amide bonds. The van der Waals surface area contributed by atoms with E-state index in [-0.39, 0.29) is 9.76 Å². The molecule has 33 heavy (non-hydrogen) atoms. The van der Waals surface area contributed by atoms with Gasteiger partial charge in [-0.2, -0.15) is 0 Å². The van der Waals surface area contributed by atoms with Crippen LogP contribution in [-0.4, -0.2) is 55.4 Å². The standard InChI is InChI=1S/C27H48O4Si2/c1-32-31-33(2)27(12-9-18-3-6-21-24(15-18)28-21,13-10-19-4-7-22-25(16-19)29-22)14-11-20-5-8-23-26(17-20)30-23/h18-26,33H,3-17,32H2,1-2H3. The molecule has 0 spiro atoms. The average Bonchev–Trinajstić information content (AvgIpc) is 3.71. The summed E-state index contributed by atoms with van der Waals surface area (Å²) < 4.78 is 24.3. The van der Waals surface area contributed by atoms with Gasteiger partial charge in [0.1, 0.15) is 9.76 Å². The number of epoxide rings is 3. The zero-order valence-corrected chi connectivity index (χ0v) is 23.8. The second-order valence-electron chi connectivity index (χ2n) is 12.8. The second kappa shape index (κ2) is 9.97. The van der Waals surface area contributed by atoms with Gasteiger partial charge < -0.3 is 18.3 Å². The molecule has 0 radical (unpaired) electrons. The van der Waals surface area contributed by atoms with Gasteiger partial charge in [0, 0.05) is 0 Å². The van der Waals surface area contributed by atoms with E-state index >= 15 is 0 Å². The van der Waals surface area contributed by atoms with Crippen molar-refractivity contribution in [3.8, 4) is 0 Å². The first-order valence-corrected chi connectivity index (χ1v) is 18.9. The lowest BCUT2D eigenvalue weighted by molar-refractivity contribution is 0.253. The van der Waals surface area contributed by atoms with Crippen LogP contribution in [0.25, 0.3) is 0 Å². The molecule has 3 aliphatic heterocycles. The minimum Gasteiger partial charge on any atom is -0.463 e. The van der Waals surface area contributed by atoms with Crippen molar-refractivity contribution in [2.75, 3.05) is 0 Å². The van der Waals surface area contributed by atoms with Crippen molar-refractivity contribution < 1.29 is 18.3 Å². The Labute approximate surface area is 205 Å². The highest BCUT2D eigenvalue weighted by molar-refractivity contribution is 6.60. The minimum absolute atomic E-state index is 0.337. The van der Waals surface area contributed by atoms with E-state index in [2.05, 4.69) is 13.1 Å². The molecule has 4 nitrogen and oxygen atoms in total. The molecule has 10 unspecified atom stereocenters. The number of fused-ring (bicyclic) bond motifs is 3. The fourth-order valence-corrected chi connectivity index (χ4v) is 13.3. The van der Waals surface area contributed by atoms with Crippen LogP contribution in [0.2, 0.25) is 18.1 Å². The third kappa shape index (κ3) is 5.66. The van der Waals surface area contributed by atoms with Gasteiger partial charge in [0.05, 0.1) is 36.6 Å². The van der Waals surface area contributed by atoms with Crippen molar-refractivity contribution in [2.24, 2.45) is 17.8 Å². The maximum Gasteiger partial charge on any atom is 0.165 e. The topological polar surface area (TPSA) is 46.8 Å². The van der Waals surface area contributed by atoms with E-state index in [9.17, 15) is 0 Å². The van der Waals surface area contributed by atoms with Gasteiger partial charge in [0.2, 0.25) is 0 Å². The molecule has 0 aromatic carbocycles. The van der Waals surface area contributed by atoms with E-state index in [1.54, 1.807) is 0 Å². The highest BCUT2D eigenvalue weighted by Gasteiger charge is 2.48. The van der Waals surface area contributed by atoms with Crippen molar-refractivity contribution in [2.45, 2.75) is 151 Å².